The number of nitrogens with two attached hydrogens (primary N) is 1. The maximum Gasteiger partial charge on any atom is 0.219 e. The van der Waals surface area contributed by atoms with Gasteiger partial charge in [0.1, 0.15) is 29.3 Å². The summed E-state index contributed by atoms with van der Waals surface area (Å²) in [4.78, 5) is 27.0. The Morgan fingerprint density at radius 2 is 1.91 bits per heavy atom. The first-order chi connectivity index (χ1) is 16.5. The summed E-state index contributed by atoms with van der Waals surface area (Å²) >= 11 is 0. The minimum absolute atomic E-state index is 0.151. The number of carbonyl (C=O) groups excluding carboxylic acids is 1. The highest BCUT2D eigenvalue weighted by Gasteiger charge is 2.50. The third-order valence-electron chi connectivity index (χ3n) is 7.04. The SMILES string of the molecule is CC(=O)N1CC[C@]2(C1)C[C@@H](n1nc(-c3ccc(Oc4ccccc4)cn3)c3c(N)ncnc31)C2. The molecule has 9 nitrogen and oxygen atoms in total. The predicted octanol–water partition coefficient (Wildman–Crippen LogP) is 3.84. The van der Waals surface area contributed by atoms with Crippen LogP contribution in [0, 0.1) is 5.41 Å². The van der Waals surface area contributed by atoms with Crippen LogP contribution in [0.2, 0.25) is 0 Å². The number of amides is 1. The maximum atomic E-state index is 11.8. The summed E-state index contributed by atoms with van der Waals surface area (Å²) in [6.45, 7) is 3.31. The molecule has 172 valence electrons. The van der Waals surface area contributed by atoms with Crippen molar-refractivity contribution in [1.82, 2.24) is 29.6 Å². The van der Waals surface area contributed by atoms with Crippen molar-refractivity contribution in [2.24, 2.45) is 5.41 Å². The molecule has 4 heterocycles. The lowest BCUT2D eigenvalue weighted by Crippen LogP contribution is -2.41. The van der Waals surface area contributed by atoms with Crippen LogP contribution in [0.1, 0.15) is 32.2 Å². The molecule has 34 heavy (non-hydrogen) atoms. The summed E-state index contributed by atoms with van der Waals surface area (Å²) in [5.74, 6) is 1.92. The number of pyridine rings is 1. The molecule has 4 aromatic rings. The number of nitrogens with zero attached hydrogens (tertiary/aromatic N) is 6. The first-order valence-electron chi connectivity index (χ1n) is 11.4. The van der Waals surface area contributed by atoms with E-state index in [0.717, 1.165) is 43.7 Å². The third kappa shape index (κ3) is 3.44. The quantitative estimate of drug-likeness (QED) is 0.498. The van der Waals surface area contributed by atoms with Crippen molar-refractivity contribution < 1.29 is 9.53 Å². The fraction of sp³-hybridized carbons (Fsp3) is 0.320. The first kappa shape index (κ1) is 20.6. The lowest BCUT2D eigenvalue weighted by molar-refractivity contribution is -0.128. The molecule has 1 saturated heterocycles. The number of likely N-dealkylation sites (tertiary alicyclic amines) is 1. The summed E-state index contributed by atoms with van der Waals surface area (Å²) in [7, 11) is 0. The Morgan fingerprint density at radius 3 is 2.62 bits per heavy atom. The van der Waals surface area contributed by atoms with E-state index in [1.54, 1.807) is 13.1 Å². The van der Waals surface area contributed by atoms with Gasteiger partial charge in [0.25, 0.3) is 0 Å². The predicted molar refractivity (Wildman–Crippen MR) is 127 cm³/mol. The number of para-hydroxylation sites is 1. The van der Waals surface area contributed by atoms with E-state index >= 15 is 0 Å². The van der Waals surface area contributed by atoms with Crippen molar-refractivity contribution in [2.45, 2.75) is 32.2 Å². The second kappa shape index (κ2) is 7.79. The van der Waals surface area contributed by atoms with Crippen molar-refractivity contribution in [1.29, 1.82) is 0 Å². The van der Waals surface area contributed by atoms with E-state index in [2.05, 4.69) is 15.0 Å². The minimum Gasteiger partial charge on any atom is -0.456 e. The van der Waals surface area contributed by atoms with E-state index in [1.807, 2.05) is 52.0 Å². The monoisotopic (exact) mass is 455 g/mol. The molecule has 9 heteroatoms. The van der Waals surface area contributed by atoms with Gasteiger partial charge < -0.3 is 15.4 Å². The van der Waals surface area contributed by atoms with Crippen LogP contribution in [0.5, 0.6) is 11.5 Å². The average molecular weight is 456 g/mol. The maximum absolute atomic E-state index is 11.8. The second-order valence-electron chi connectivity index (χ2n) is 9.30. The smallest absolute Gasteiger partial charge is 0.219 e. The summed E-state index contributed by atoms with van der Waals surface area (Å²) in [6, 6.07) is 13.5. The van der Waals surface area contributed by atoms with Crippen molar-refractivity contribution in [3.63, 3.8) is 0 Å². The molecule has 3 aromatic heterocycles. The number of nitrogen functional groups attached to an aromatic ring is 1. The van der Waals surface area contributed by atoms with E-state index in [9.17, 15) is 4.79 Å². The number of anilines is 1. The van der Waals surface area contributed by atoms with E-state index in [4.69, 9.17) is 15.6 Å². The van der Waals surface area contributed by atoms with Crippen molar-refractivity contribution in [2.75, 3.05) is 18.8 Å². The Labute approximate surface area is 196 Å². The van der Waals surface area contributed by atoms with Crippen LogP contribution in [-0.2, 0) is 4.79 Å². The van der Waals surface area contributed by atoms with Gasteiger partial charge in [-0.3, -0.25) is 9.78 Å². The minimum atomic E-state index is 0.151. The normalized spacial score (nSPS) is 21.7. The Balaban J connectivity index is 1.29. The molecule has 1 spiro atoms. The van der Waals surface area contributed by atoms with Gasteiger partial charge in [-0.15, -0.1) is 0 Å². The van der Waals surface area contributed by atoms with E-state index < -0.39 is 0 Å². The van der Waals surface area contributed by atoms with Crippen LogP contribution in [0.15, 0.2) is 55.0 Å². The molecule has 1 amide bonds. The zero-order chi connectivity index (χ0) is 23.3. The molecular weight excluding hydrogens is 430 g/mol. The van der Waals surface area contributed by atoms with Gasteiger partial charge in [0.15, 0.2) is 5.65 Å². The summed E-state index contributed by atoms with van der Waals surface area (Å²) in [6.07, 6.45) is 6.13. The summed E-state index contributed by atoms with van der Waals surface area (Å²) < 4.78 is 7.84. The van der Waals surface area contributed by atoms with Crippen LogP contribution in [-0.4, -0.2) is 48.6 Å². The molecule has 1 aliphatic carbocycles. The molecule has 0 unspecified atom stereocenters. The number of aromatic nitrogens is 5. The Morgan fingerprint density at radius 1 is 1.09 bits per heavy atom. The highest BCUT2D eigenvalue weighted by Crippen LogP contribution is 2.54. The number of hydrogen-bond acceptors (Lipinski definition) is 7. The van der Waals surface area contributed by atoms with E-state index in [1.165, 1.54) is 6.33 Å². The first-order valence-corrected chi connectivity index (χ1v) is 11.4. The van der Waals surface area contributed by atoms with Gasteiger partial charge in [-0.05, 0) is 48.9 Å². The standard InChI is InChI=1S/C25H25N7O2/c1-16(33)31-10-9-25(14-31)11-17(12-25)32-24-21(23(26)28-15-29-24)22(30-32)20-8-7-19(13-27-20)34-18-5-3-2-4-6-18/h2-8,13,15,17H,9-12,14H2,1H3,(H2,26,28,29)/t17-,25+. The topological polar surface area (TPSA) is 112 Å². The molecule has 6 rings (SSSR count). The number of carbonyl (C=O) groups is 1. The zero-order valence-electron chi connectivity index (χ0n) is 18.9. The molecule has 0 bridgehead atoms. The van der Waals surface area contributed by atoms with Gasteiger partial charge in [-0.2, -0.15) is 5.10 Å². The molecule has 2 aliphatic rings. The second-order valence-corrected chi connectivity index (χ2v) is 9.30. The van der Waals surface area contributed by atoms with Crippen LogP contribution in [0.3, 0.4) is 0 Å². The molecule has 0 atom stereocenters. The molecule has 2 N–H and O–H groups in total. The van der Waals surface area contributed by atoms with Gasteiger partial charge in [-0.1, -0.05) is 18.2 Å². The number of fused-ring (bicyclic) bond motifs is 1. The Bertz CT molecular complexity index is 1360. The number of benzene rings is 1. The van der Waals surface area contributed by atoms with Crippen molar-refractivity contribution in [3.05, 3.63) is 55.0 Å². The molecule has 0 radical (unpaired) electrons. The number of hydrogen-bond donors (Lipinski definition) is 1. The zero-order valence-corrected chi connectivity index (χ0v) is 18.9. The van der Waals surface area contributed by atoms with Gasteiger partial charge >= 0.3 is 0 Å². The van der Waals surface area contributed by atoms with Gasteiger partial charge in [0, 0.05) is 20.0 Å². The van der Waals surface area contributed by atoms with Gasteiger partial charge in [-0.25, -0.2) is 14.6 Å². The van der Waals surface area contributed by atoms with E-state index in [0.29, 0.717) is 28.3 Å². The molecule has 1 aromatic carbocycles. The highest BCUT2D eigenvalue weighted by atomic mass is 16.5. The van der Waals surface area contributed by atoms with Crippen LogP contribution >= 0.6 is 0 Å². The van der Waals surface area contributed by atoms with E-state index in [-0.39, 0.29) is 17.4 Å². The summed E-state index contributed by atoms with van der Waals surface area (Å²) in [5, 5.41) is 5.63. The summed E-state index contributed by atoms with van der Waals surface area (Å²) in [5.41, 5.74) is 8.51. The third-order valence-corrected chi connectivity index (χ3v) is 7.04. The van der Waals surface area contributed by atoms with Crippen LogP contribution in [0.25, 0.3) is 22.4 Å². The molecular formula is C25H25N7O2. The number of rotatable bonds is 4. The number of ether oxygens (including phenoxy) is 1. The van der Waals surface area contributed by atoms with Gasteiger partial charge in [0.05, 0.1) is 23.3 Å². The lowest BCUT2D eigenvalue weighted by atomic mass is 9.65. The largest absolute Gasteiger partial charge is 0.456 e. The molecule has 2 fully saturated rings. The molecule has 1 saturated carbocycles. The fourth-order valence-corrected chi connectivity index (χ4v) is 5.28. The molecule has 1 aliphatic heterocycles. The average Bonchev–Trinajstić information content (AvgIpc) is 3.43. The van der Waals surface area contributed by atoms with Crippen molar-refractivity contribution in [3.8, 4) is 22.9 Å². The van der Waals surface area contributed by atoms with Crippen LogP contribution < -0.4 is 10.5 Å². The fourth-order valence-electron chi connectivity index (χ4n) is 5.28. The van der Waals surface area contributed by atoms with Crippen molar-refractivity contribution >= 4 is 22.8 Å². The highest BCUT2D eigenvalue weighted by molar-refractivity contribution is 5.97. The lowest BCUT2D eigenvalue weighted by Gasteiger charge is -2.45. The Hall–Kier alpha value is -4.01. The van der Waals surface area contributed by atoms with Gasteiger partial charge in [0.2, 0.25) is 5.91 Å². The Kier molecular flexibility index (Phi) is 4.72. The van der Waals surface area contributed by atoms with Crippen LogP contribution in [0.4, 0.5) is 5.82 Å².